The molecule has 0 radical (unpaired) electrons. The number of hydrogen-bond donors (Lipinski definition) is 0. The number of allylic oxidation sites excluding steroid dienone is 11. The van der Waals surface area contributed by atoms with Gasteiger partial charge >= 0.3 is 0 Å². The summed E-state index contributed by atoms with van der Waals surface area (Å²) in [7, 11) is 0. The average Bonchev–Trinajstić information content (AvgIpc) is 3.60. The van der Waals surface area contributed by atoms with E-state index in [2.05, 4.69) is 206 Å². The maximum atomic E-state index is 4.04. The van der Waals surface area contributed by atoms with Crippen LogP contribution in [-0.4, -0.2) is 0 Å². The Morgan fingerprint density at radius 3 is 1.65 bits per heavy atom. The molecule has 4 aliphatic rings. The highest BCUT2D eigenvalue weighted by Gasteiger charge is 2.51. The lowest BCUT2D eigenvalue weighted by atomic mass is 9.70. The Hall–Kier alpha value is -6.96. The molecule has 254 valence electrons. The fourth-order valence-corrected chi connectivity index (χ4v) is 8.93. The van der Waals surface area contributed by atoms with E-state index in [4.69, 9.17) is 0 Å². The molecule has 0 amide bonds. The van der Waals surface area contributed by atoms with E-state index < -0.39 is 5.41 Å². The fourth-order valence-electron chi connectivity index (χ4n) is 8.93. The fraction of sp³-hybridized carbons (Fsp3) is 0.0189. The second kappa shape index (κ2) is 12.6. The molecule has 0 fully saturated rings. The molecule has 10 rings (SSSR count). The molecular weight excluding hydrogens is 651 g/mol. The van der Waals surface area contributed by atoms with Crippen molar-refractivity contribution >= 4 is 35.3 Å². The summed E-state index contributed by atoms with van der Waals surface area (Å²) in [5, 5.41) is 0. The third-order valence-corrected chi connectivity index (χ3v) is 11.4. The normalized spacial score (nSPS) is 15.4. The highest BCUT2D eigenvalue weighted by Crippen LogP contribution is 2.63. The largest absolute Gasteiger partial charge is 0.309 e. The van der Waals surface area contributed by atoms with E-state index in [1.54, 1.807) is 0 Å². The number of nitrogens with zero attached hydrogens (tertiary/aromatic N) is 1. The molecule has 54 heavy (non-hydrogen) atoms. The van der Waals surface area contributed by atoms with Crippen LogP contribution in [0.5, 0.6) is 0 Å². The molecule has 0 unspecified atom stereocenters. The van der Waals surface area contributed by atoms with Gasteiger partial charge in [0.2, 0.25) is 0 Å². The SMILES string of the molecule is C=CC1=CC=C(C=Cc2ccc3c(c2)C2(c4ccccc4-c4ccccc42)c2cc(N4c5ccccc5C=Cc5ccccc54)ccc2-3)C=C(C=C)C=C1. The first-order valence-electron chi connectivity index (χ1n) is 18.6. The summed E-state index contributed by atoms with van der Waals surface area (Å²) >= 11 is 0. The lowest BCUT2D eigenvalue weighted by molar-refractivity contribution is 0.793. The first-order valence-corrected chi connectivity index (χ1v) is 18.6. The molecule has 1 heteroatoms. The summed E-state index contributed by atoms with van der Waals surface area (Å²) in [6.07, 6.45) is 23.3. The Labute approximate surface area is 317 Å². The van der Waals surface area contributed by atoms with Gasteiger partial charge in [-0.2, -0.15) is 0 Å². The molecule has 0 aromatic heterocycles. The van der Waals surface area contributed by atoms with Crippen molar-refractivity contribution in [3.05, 3.63) is 251 Å². The van der Waals surface area contributed by atoms with Crippen molar-refractivity contribution in [2.75, 3.05) is 4.90 Å². The highest BCUT2D eigenvalue weighted by molar-refractivity contribution is 5.98. The minimum absolute atomic E-state index is 0.483. The number of benzene rings is 6. The molecule has 1 heterocycles. The van der Waals surface area contributed by atoms with Gasteiger partial charge in [-0.25, -0.2) is 0 Å². The number of fused-ring (bicyclic) bond motifs is 12. The van der Waals surface area contributed by atoms with Crippen LogP contribution in [0.3, 0.4) is 0 Å². The summed E-state index contributed by atoms with van der Waals surface area (Å²) in [5.41, 5.74) is 20.2. The highest BCUT2D eigenvalue weighted by atomic mass is 15.1. The van der Waals surface area contributed by atoms with Crippen LogP contribution in [-0.2, 0) is 5.41 Å². The lowest BCUT2D eigenvalue weighted by Crippen LogP contribution is -2.26. The molecule has 3 aliphatic carbocycles. The van der Waals surface area contributed by atoms with Crippen LogP contribution in [0.25, 0.3) is 40.5 Å². The van der Waals surface area contributed by atoms with Crippen LogP contribution in [0.15, 0.2) is 212 Å². The molecule has 0 bridgehead atoms. The molecule has 1 spiro atoms. The molecule has 1 aliphatic heterocycles. The number of hydrogen-bond acceptors (Lipinski definition) is 1. The summed E-state index contributed by atoms with van der Waals surface area (Å²) in [6, 6.07) is 49.6. The molecule has 6 aromatic carbocycles. The van der Waals surface area contributed by atoms with Crippen molar-refractivity contribution in [2.24, 2.45) is 0 Å². The molecule has 0 saturated carbocycles. The zero-order chi connectivity index (χ0) is 36.2. The predicted octanol–water partition coefficient (Wildman–Crippen LogP) is 13.7. The predicted molar refractivity (Wildman–Crippen MR) is 229 cm³/mol. The lowest BCUT2D eigenvalue weighted by Gasteiger charge is -2.32. The summed E-state index contributed by atoms with van der Waals surface area (Å²) in [6.45, 7) is 8.02. The summed E-state index contributed by atoms with van der Waals surface area (Å²) < 4.78 is 0. The van der Waals surface area contributed by atoms with Gasteiger partial charge in [-0.05, 0) is 114 Å². The molecule has 6 aromatic rings. The van der Waals surface area contributed by atoms with Crippen LogP contribution < -0.4 is 4.90 Å². The van der Waals surface area contributed by atoms with Gasteiger partial charge in [-0.15, -0.1) is 0 Å². The standard InChI is InChI=1S/C53H37N/c1-3-36-21-23-37(4-2)33-38(24-22-36)25-26-39-27-31-45-46-32-30-42(54-51-19-11-5-13-40(51)28-29-41-14-6-12-20-52(41)54)35-50(46)53(49(45)34-39)47-17-9-7-15-43(47)44-16-8-10-18-48(44)53/h3-35H,1-2H2. The van der Waals surface area contributed by atoms with Crippen LogP contribution in [0, 0.1) is 0 Å². The van der Waals surface area contributed by atoms with Gasteiger partial charge in [0.25, 0.3) is 0 Å². The molecule has 1 nitrogen and oxygen atoms in total. The van der Waals surface area contributed by atoms with Crippen molar-refractivity contribution in [3.8, 4) is 22.3 Å². The molecular formula is C53H37N. The number of para-hydroxylation sites is 2. The summed E-state index contributed by atoms with van der Waals surface area (Å²) in [4.78, 5) is 2.44. The third kappa shape index (κ3) is 4.79. The van der Waals surface area contributed by atoms with Gasteiger partial charge < -0.3 is 4.90 Å². The van der Waals surface area contributed by atoms with Crippen molar-refractivity contribution in [3.63, 3.8) is 0 Å². The third-order valence-electron chi connectivity index (χ3n) is 11.4. The Balaban J connectivity index is 1.19. The van der Waals surface area contributed by atoms with Crippen LogP contribution in [0.4, 0.5) is 17.1 Å². The monoisotopic (exact) mass is 687 g/mol. The quantitative estimate of drug-likeness (QED) is 0.174. The van der Waals surface area contributed by atoms with Crippen molar-refractivity contribution in [1.82, 2.24) is 0 Å². The van der Waals surface area contributed by atoms with Gasteiger partial charge in [-0.3, -0.25) is 0 Å². The number of anilines is 3. The van der Waals surface area contributed by atoms with Crippen molar-refractivity contribution < 1.29 is 0 Å². The van der Waals surface area contributed by atoms with Crippen LogP contribution in [0.2, 0.25) is 0 Å². The van der Waals surface area contributed by atoms with E-state index in [-0.39, 0.29) is 0 Å². The van der Waals surface area contributed by atoms with Crippen molar-refractivity contribution in [1.29, 1.82) is 0 Å². The van der Waals surface area contributed by atoms with E-state index in [9.17, 15) is 0 Å². The van der Waals surface area contributed by atoms with Gasteiger partial charge in [0.05, 0.1) is 16.8 Å². The second-order valence-electron chi connectivity index (χ2n) is 14.2. The van der Waals surface area contributed by atoms with Crippen molar-refractivity contribution in [2.45, 2.75) is 5.41 Å². The Morgan fingerprint density at radius 1 is 0.444 bits per heavy atom. The Morgan fingerprint density at radius 2 is 0.981 bits per heavy atom. The molecule has 0 N–H and O–H groups in total. The second-order valence-corrected chi connectivity index (χ2v) is 14.2. The smallest absolute Gasteiger partial charge is 0.0726 e. The number of rotatable bonds is 5. The zero-order valence-electron chi connectivity index (χ0n) is 29.9. The van der Waals surface area contributed by atoms with E-state index in [1.165, 1.54) is 67.0 Å². The van der Waals surface area contributed by atoms with Gasteiger partial charge in [0, 0.05) is 5.69 Å². The maximum Gasteiger partial charge on any atom is 0.0726 e. The van der Waals surface area contributed by atoms with E-state index in [1.807, 2.05) is 12.2 Å². The molecule has 0 saturated heterocycles. The summed E-state index contributed by atoms with van der Waals surface area (Å²) in [5.74, 6) is 0. The van der Waals surface area contributed by atoms with E-state index >= 15 is 0 Å². The first kappa shape index (κ1) is 31.7. The van der Waals surface area contributed by atoms with Gasteiger partial charge in [-0.1, -0.05) is 177 Å². The van der Waals surface area contributed by atoms with Gasteiger partial charge in [0.15, 0.2) is 0 Å². The zero-order valence-corrected chi connectivity index (χ0v) is 29.9. The average molecular weight is 688 g/mol. The minimum Gasteiger partial charge on any atom is -0.309 e. The van der Waals surface area contributed by atoms with E-state index in [0.717, 1.165) is 28.0 Å². The molecule has 0 atom stereocenters. The minimum atomic E-state index is -0.483. The van der Waals surface area contributed by atoms with Crippen LogP contribution >= 0.6 is 0 Å². The Bertz CT molecular complexity index is 2660. The van der Waals surface area contributed by atoms with Crippen LogP contribution in [0.1, 0.15) is 38.9 Å². The Kier molecular flexibility index (Phi) is 7.42. The topological polar surface area (TPSA) is 3.24 Å². The maximum absolute atomic E-state index is 4.04. The van der Waals surface area contributed by atoms with Gasteiger partial charge in [0.1, 0.15) is 0 Å². The van der Waals surface area contributed by atoms with E-state index in [0.29, 0.717) is 0 Å². The first-order chi connectivity index (χ1) is 26.7.